The molecule has 0 aliphatic heterocycles. The molecule has 122 valence electrons. The Kier molecular flexibility index (Phi) is 4.45. The van der Waals surface area contributed by atoms with Gasteiger partial charge in [0.2, 0.25) is 0 Å². The van der Waals surface area contributed by atoms with Gasteiger partial charge < -0.3 is 4.74 Å². The van der Waals surface area contributed by atoms with Gasteiger partial charge >= 0.3 is 12.1 Å². The molecule has 0 aliphatic carbocycles. The monoisotopic (exact) mass is 323 g/mol. The lowest BCUT2D eigenvalue weighted by Gasteiger charge is -2.19. The zero-order chi connectivity index (χ0) is 17.3. The highest BCUT2D eigenvalue weighted by Crippen LogP contribution is 2.31. The van der Waals surface area contributed by atoms with Gasteiger partial charge in [0.15, 0.2) is 0 Å². The molecule has 2 aromatic rings. The van der Waals surface area contributed by atoms with E-state index in [2.05, 4.69) is 4.98 Å². The van der Waals surface area contributed by atoms with Crippen molar-refractivity contribution in [1.29, 1.82) is 0 Å². The van der Waals surface area contributed by atoms with Crippen molar-refractivity contribution in [1.82, 2.24) is 4.98 Å². The van der Waals surface area contributed by atoms with Crippen LogP contribution in [0.1, 0.15) is 36.7 Å². The fourth-order valence-electron chi connectivity index (χ4n) is 1.89. The number of carbonyl (C=O) groups is 1. The number of esters is 1. The van der Waals surface area contributed by atoms with E-state index in [1.54, 1.807) is 32.9 Å². The molecule has 0 unspecified atom stereocenters. The SMILES string of the molecule is CC(C)(C)OC(=O)c1ccc(-c2cncc(C(F)(F)F)c2)cc1. The van der Waals surface area contributed by atoms with Crippen LogP contribution < -0.4 is 0 Å². The second-order valence-corrected chi connectivity index (χ2v) is 6.04. The Bertz CT molecular complexity index is 701. The summed E-state index contributed by atoms with van der Waals surface area (Å²) in [5.74, 6) is -0.480. The topological polar surface area (TPSA) is 39.2 Å². The van der Waals surface area contributed by atoms with Crippen LogP contribution in [-0.2, 0) is 10.9 Å². The number of nitrogens with zero attached hydrogens (tertiary/aromatic N) is 1. The first kappa shape index (κ1) is 17.0. The van der Waals surface area contributed by atoms with Crippen molar-refractivity contribution in [3.63, 3.8) is 0 Å². The van der Waals surface area contributed by atoms with Crippen LogP contribution in [0.15, 0.2) is 42.7 Å². The first-order valence-corrected chi connectivity index (χ1v) is 6.92. The first-order chi connectivity index (χ1) is 10.6. The van der Waals surface area contributed by atoms with Gasteiger partial charge in [-0.3, -0.25) is 4.98 Å². The van der Waals surface area contributed by atoms with Gasteiger partial charge in [-0.25, -0.2) is 4.79 Å². The van der Waals surface area contributed by atoms with E-state index in [0.717, 1.165) is 12.3 Å². The number of halogens is 3. The van der Waals surface area contributed by atoms with Crippen molar-refractivity contribution in [2.24, 2.45) is 0 Å². The largest absolute Gasteiger partial charge is 0.456 e. The maximum absolute atomic E-state index is 12.7. The predicted octanol–water partition coefficient (Wildman–Crippen LogP) is 4.72. The average Bonchev–Trinajstić information content (AvgIpc) is 2.45. The summed E-state index contributed by atoms with van der Waals surface area (Å²) in [4.78, 5) is 15.5. The maximum atomic E-state index is 12.7. The summed E-state index contributed by atoms with van der Waals surface area (Å²) in [7, 11) is 0. The smallest absolute Gasteiger partial charge is 0.417 e. The highest BCUT2D eigenvalue weighted by molar-refractivity contribution is 5.90. The number of carbonyl (C=O) groups excluding carboxylic acids is 1. The van der Waals surface area contributed by atoms with Crippen molar-refractivity contribution in [3.05, 3.63) is 53.9 Å². The molecule has 0 spiro atoms. The Hall–Kier alpha value is -2.37. The third-order valence-corrected chi connectivity index (χ3v) is 2.92. The molecule has 0 aliphatic rings. The maximum Gasteiger partial charge on any atom is 0.417 e. The van der Waals surface area contributed by atoms with Crippen LogP contribution in [0.25, 0.3) is 11.1 Å². The summed E-state index contributed by atoms with van der Waals surface area (Å²) < 4.78 is 43.4. The van der Waals surface area contributed by atoms with E-state index in [1.807, 2.05) is 0 Å². The Balaban J connectivity index is 2.25. The van der Waals surface area contributed by atoms with Crippen LogP contribution in [0.5, 0.6) is 0 Å². The number of rotatable bonds is 2. The first-order valence-electron chi connectivity index (χ1n) is 6.92. The zero-order valence-electron chi connectivity index (χ0n) is 12.9. The molecule has 3 nitrogen and oxygen atoms in total. The van der Waals surface area contributed by atoms with E-state index >= 15 is 0 Å². The molecule has 0 radical (unpaired) electrons. The summed E-state index contributed by atoms with van der Waals surface area (Å²) in [6.07, 6.45) is -2.32. The molecule has 2 rings (SSSR count). The Morgan fingerprint density at radius 1 is 1.00 bits per heavy atom. The fraction of sp³-hybridized carbons (Fsp3) is 0.294. The molecule has 0 atom stereocenters. The summed E-state index contributed by atoms with van der Waals surface area (Å²) in [5.41, 5.74) is -0.220. The quantitative estimate of drug-likeness (QED) is 0.751. The van der Waals surface area contributed by atoms with Crippen LogP contribution in [0, 0.1) is 0 Å². The lowest BCUT2D eigenvalue weighted by atomic mass is 10.0. The standard InChI is InChI=1S/C17H16F3NO2/c1-16(2,3)23-15(22)12-6-4-11(5-7-12)13-8-14(10-21-9-13)17(18,19)20/h4-10H,1-3H3. The van der Waals surface area contributed by atoms with Crippen LogP contribution >= 0.6 is 0 Å². The highest BCUT2D eigenvalue weighted by Gasteiger charge is 2.31. The summed E-state index contributed by atoms with van der Waals surface area (Å²) in [6.45, 7) is 5.27. The molecule has 0 saturated carbocycles. The van der Waals surface area contributed by atoms with Gasteiger partial charge in [0.05, 0.1) is 11.1 Å². The molecule has 23 heavy (non-hydrogen) atoms. The van der Waals surface area contributed by atoms with E-state index < -0.39 is 23.3 Å². The van der Waals surface area contributed by atoms with E-state index in [-0.39, 0.29) is 0 Å². The van der Waals surface area contributed by atoms with E-state index in [1.165, 1.54) is 18.3 Å². The normalized spacial score (nSPS) is 12.1. The van der Waals surface area contributed by atoms with Gasteiger partial charge in [-0.1, -0.05) is 12.1 Å². The lowest BCUT2D eigenvalue weighted by molar-refractivity contribution is -0.137. The zero-order valence-corrected chi connectivity index (χ0v) is 12.9. The summed E-state index contributed by atoms with van der Waals surface area (Å²) in [5, 5.41) is 0. The number of ether oxygens (including phenoxy) is 1. The highest BCUT2D eigenvalue weighted by atomic mass is 19.4. The van der Waals surface area contributed by atoms with Gasteiger partial charge in [-0.05, 0) is 44.5 Å². The fourth-order valence-corrected chi connectivity index (χ4v) is 1.89. The van der Waals surface area contributed by atoms with Crippen molar-refractivity contribution >= 4 is 5.97 Å². The van der Waals surface area contributed by atoms with E-state index in [0.29, 0.717) is 16.7 Å². The third-order valence-electron chi connectivity index (χ3n) is 2.92. The minimum atomic E-state index is -4.44. The third kappa shape index (κ3) is 4.55. The van der Waals surface area contributed by atoms with Crippen molar-refractivity contribution in [2.45, 2.75) is 32.5 Å². The lowest BCUT2D eigenvalue weighted by Crippen LogP contribution is -2.23. The van der Waals surface area contributed by atoms with Crippen LogP contribution in [-0.4, -0.2) is 16.6 Å². The van der Waals surface area contributed by atoms with Crippen LogP contribution in [0.2, 0.25) is 0 Å². The number of aromatic nitrogens is 1. The second-order valence-electron chi connectivity index (χ2n) is 6.04. The van der Waals surface area contributed by atoms with Gasteiger partial charge in [0, 0.05) is 18.0 Å². The van der Waals surface area contributed by atoms with Crippen molar-refractivity contribution in [3.8, 4) is 11.1 Å². The minimum Gasteiger partial charge on any atom is -0.456 e. The number of alkyl halides is 3. The molecular formula is C17H16F3NO2. The molecule has 1 aromatic heterocycles. The molecule has 0 saturated heterocycles. The number of benzene rings is 1. The molecular weight excluding hydrogens is 307 g/mol. The summed E-state index contributed by atoms with van der Waals surface area (Å²) in [6, 6.07) is 7.19. The van der Waals surface area contributed by atoms with Crippen LogP contribution in [0.4, 0.5) is 13.2 Å². The Labute approximate surface area is 132 Å². The van der Waals surface area contributed by atoms with Gasteiger partial charge in [0.25, 0.3) is 0 Å². The Morgan fingerprint density at radius 2 is 1.61 bits per heavy atom. The molecule has 0 fully saturated rings. The molecule has 0 bridgehead atoms. The molecule has 0 N–H and O–H groups in total. The Morgan fingerprint density at radius 3 is 2.13 bits per heavy atom. The van der Waals surface area contributed by atoms with Crippen LogP contribution in [0.3, 0.4) is 0 Å². The molecule has 1 heterocycles. The predicted molar refractivity (Wildman–Crippen MR) is 79.8 cm³/mol. The molecule has 1 aromatic carbocycles. The van der Waals surface area contributed by atoms with Gasteiger partial charge in [-0.15, -0.1) is 0 Å². The van der Waals surface area contributed by atoms with Crippen molar-refractivity contribution < 1.29 is 22.7 Å². The minimum absolute atomic E-state index is 0.329. The van der Waals surface area contributed by atoms with E-state index in [4.69, 9.17) is 4.74 Å². The average molecular weight is 323 g/mol. The number of hydrogen-bond acceptors (Lipinski definition) is 3. The van der Waals surface area contributed by atoms with Crippen molar-refractivity contribution in [2.75, 3.05) is 0 Å². The number of hydrogen-bond donors (Lipinski definition) is 0. The van der Waals surface area contributed by atoms with Gasteiger partial charge in [0.1, 0.15) is 5.60 Å². The molecule has 6 heteroatoms. The second kappa shape index (κ2) is 6.02. The van der Waals surface area contributed by atoms with Gasteiger partial charge in [-0.2, -0.15) is 13.2 Å². The summed E-state index contributed by atoms with van der Waals surface area (Å²) >= 11 is 0. The number of pyridine rings is 1. The molecule has 0 amide bonds. The van der Waals surface area contributed by atoms with E-state index in [9.17, 15) is 18.0 Å².